The Labute approximate surface area is 631 Å². The van der Waals surface area contributed by atoms with Gasteiger partial charge >= 0.3 is 36.8 Å². The number of halogens is 7. The first-order chi connectivity index (χ1) is 46.7. The largest absolute Gasteiger partial charge is 1.00 e. The van der Waals surface area contributed by atoms with E-state index in [1.807, 2.05) is 129 Å². The van der Waals surface area contributed by atoms with Crippen molar-refractivity contribution in [2.45, 2.75) is 33.5 Å². The van der Waals surface area contributed by atoms with Gasteiger partial charge < -0.3 is 70.3 Å². The number of nitrogen functional groups attached to an aromatic ring is 1. The normalized spacial score (nSPS) is 10.6. The van der Waals surface area contributed by atoms with Crippen LogP contribution in [-0.4, -0.2) is 103 Å². The quantitative estimate of drug-likeness (QED) is 0.0321. The first-order valence-corrected chi connectivity index (χ1v) is 33.4. The number of carbonyl (C=O) groups excluding carboxylic acids is 2. The minimum Gasteiger partial charge on any atom is -0.870 e. The van der Waals surface area contributed by atoms with E-state index in [0.717, 1.165) is 17.1 Å². The van der Waals surface area contributed by atoms with E-state index in [4.69, 9.17) is 84.8 Å². The number of carboxylic acid groups (broad SMARTS) is 1. The van der Waals surface area contributed by atoms with Crippen molar-refractivity contribution < 1.29 is 58.8 Å². The molecule has 20 nitrogen and oxygen atoms in total. The predicted octanol–water partition coefficient (Wildman–Crippen LogP) is 13.3. The standard InChI is InChI=1S/C25H23Cl2N3O3.C23H19Cl2N3O3.C19H17BrCl2N2O3.C6H7N.Li.2H2O/c1-4-33-22(31)14-30-21-13-20(28-15-8-6-5-7-9-15)19(27)12-17(21)25(32)16-10-11-18(26)24(23(16)30)29(2)3;1-27(2)22-16(24)9-8-14-21(22)28(12-20(29)30)19-11-18(17(25)10-15(19)23(14)31)26-13-6-4-3-5-7-13;1-4-27-16(25)9-24-15-8-12(20)14(22)7-11(15)19(26)10-5-6-13(21)18(17(10)24)23(2)3;7-6-4-2-1-3-5-6;;;/h5-13,28H,4,14H2,1-3H3;3-11,26H,12H2,1-2H3,(H,29,30);5-8H,4,9H2,1-3H3;1-5H,7H2;;2*1H2/q;;;;+1;;/p-1. The number of pyridine rings is 3. The van der Waals surface area contributed by atoms with Crippen LogP contribution in [0.4, 0.5) is 45.5 Å². The van der Waals surface area contributed by atoms with E-state index in [1.54, 1.807) is 119 Å². The molecular weight excluding hydrogens is 1480 g/mol. The average molecular weight is 1550 g/mol. The van der Waals surface area contributed by atoms with Crippen LogP contribution in [-0.2, 0) is 43.5 Å². The van der Waals surface area contributed by atoms with Crippen LogP contribution in [0.15, 0.2) is 183 Å². The Balaban J connectivity index is 0.000000224. The number of fused-ring (bicyclic) bond motifs is 6. The number of esters is 2. The number of hydrogen-bond acceptors (Lipinski definition) is 15. The van der Waals surface area contributed by atoms with Gasteiger partial charge in [-0.3, -0.25) is 28.8 Å². The van der Waals surface area contributed by atoms with Crippen molar-refractivity contribution in [1.82, 2.24) is 13.7 Å². The van der Waals surface area contributed by atoms with E-state index in [1.165, 1.54) is 0 Å². The molecule has 28 heteroatoms. The molecular formula is C73H69BrCl6LiN9O11. The number of ether oxygens (including phenoxy) is 2. The summed E-state index contributed by atoms with van der Waals surface area (Å²) in [6.45, 7) is 3.53. The fourth-order valence-electron chi connectivity index (χ4n) is 11.3. The summed E-state index contributed by atoms with van der Waals surface area (Å²) in [7, 11) is 10.9. The van der Waals surface area contributed by atoms with Gasteiger partial charge in [0.25, 0.3) is 0 Å². The molecule has 0 aliphatic carbocycles. The Hall–Kier alpha value is -8.66. The molecule has 0 aliphatic rings. The van der Waals surface area contributed by atoms with Crippen molar-refractivity contribution >= 4 is 214 Å². The molecule has 0 saturated heterocycles. The molecule has 0 saturated carbocycles. The summed E-state index contributed by atoms with van der Waals surface area (Å²) in [6, 6.07) is 48.5. The molecule has 9 aromatic carbocycles. The average Bonchev–Trinajstić information content (AvgIpc) is 0.748. The Morgan fingerprint density at radius 3 is 1.06 bits per heavy atom. The second-order valence-electron chi connectivity index (χ2n) is 22.7. The Morgan fingerprint density at radius 1 is 0.455 bits per heavy atom. The molecule has 0 aliphatic heterocycles. The number of carbonyl (C=O) groups is 3. The number of nitrogens with zero attached hydrogens (tertiary/aromatic N) is 6. The second kappa shape index (κ2) is 35.8. The van der Waals surface area contributed by atoms with Crippen LogP contribution in [0.1, 0.15) is 13.8 Å². The SMILES string of the molecule is CCOC(=O)Cn1c2cc(Br)c(Cl)cc2c(=O)c2ccc(Cl)c(N(C)C)c21.CCOC(=O)Cn1c2cc(Nc3ccccc3)c(Cl)cc2c(=O)c2ccc(Cl)c(N(C)C)c21.CN(C)c1c(Cl)ccc2c(=O)c3cc(Cl)c(Nc4ccccc4)cc3n(CC(=O)O)c12.Nc1ccccc1.O.[Li+].[OH-]. The van der Waals surface area contributed by atoms with E-state index in [-0.39, 0.29) is 78.9 Å². The number of anilines is 8. The van der Waals surface area contributed by atoms with Gasteiger partial charge in [-0.15, -0.1) is 0 Å². The zero-order valence-corrected chi connectivity index (χ0v) is 62.3. The molecule has 12 rings (SSSR count). The molecule has 0 bridgehead atoms. The van der Waals surface area contributed by atoms with Crippen LogP contribution in [0.5, 0.6) is 0 Å². The smallest absolute Gasteiger partial charge is 0.870 e. The molecule has 522 valence electrons. The van der Waals surface area contributed by atoms with E-state index in [9.17, 15) is 33.9 Å². The van der Waals surface area contributed by atoms with Gasteiger partial charge in [-0.1, -0.05) is 124 Å². The predicted molar refractivity (Wildman–Crippen MR) is 415 cm³/mol. The summed E-state index contributed by atoms with van der Waals surface area (Å²) in [6.07, 6.45) is 0. The van der Waals surface area contributed by atoms with Gasteiger partial charge in [-0.05, 0) is 139 Å². The molecule has 8 N–H and O–H groups in total. The van der Waals surface area contributed by atoms with Crippen LogP contribution in [0.25, 0.3) is 65.4 Å². The summed E-state index contributed by atoms with van der Waals surface area (Å²) in [5.41, 5.74) is 13.5. The van der Waals surface area contributed by atoms with E-state index in [0.29, 0.717) is 128 Å². The summed E-state index contributed by atoms with van der Waals surface area (Å²) in [5.74, 6) is -1.86. The maximum Gasteiger partial charge on any atom is 1.00 e. The fraction of sp³-hybridized carbons (Fsp3) is 0.178. The van der Waals surface area contributed by atoms with Crippen molar-refractivity contribution in [3.63, 3.8) is 0 Å². The molecule has 0 amide bonds. The van der Waals surface area contributed by atoms with Crippen LogP contribution < -0.4 is 66.2 Å². The van der Waals surface area contributed by atoms with Crippen LogP contribution in [0, 0.1) is 0 Å². The first kappa shape index (κ1) is 81.3. The van der Waals surface area contributed by atoms with Crippen molar-refractivity contribution in [3.05, 3.63) is 229 Å². The molecule has 12 aromatic rings. The van der Waals surface area contributed by atoms with Crippen molar-refractivity contribution in [1.29, 1.82) is 0 Å². The molecule has 0 atom stereocenters. The zero-order chi connectivity index (χ0) is 71.0. The third kappa shape index (κ3) is 18.2. The molecule has 0 spiro atoms. The molecule has 101 heavy (non-hydrogen) atoms. The zero-order valence-electron chi connectivity index (χ0n) is 56.2. The number of rotatable bonds is 15. The summed E-state index contributed by atoms with van der Waals surface area (Å²) < 4.78 is 16.1. The minimum absolute atomic E-state index is 0. The Bertz CT molecular complexity index is 5250. The number of benzene rings is 9. The first-order valence-electron chi connectivity index (χ1n) is 30.3. The van der Waals surface area contributed by atoms with E-state index < -0.39 is 17.9 Å². The number of carboxylic acids is 1. The van der Waals surface area contributed by atoms with Gasteiger partial charge in [0.05, 0.1) is 105 Å². The van der Waals surface area contributed by atoms with Crippen molar-refractivity contribution in [2.24, 2.45) is 0 Å². The van der Waals surface area contributed by atoms with Gasteiger partial charge in [0, 0.05) is 96.1 Å². The summed E-state index contributed by atoms with van der Waals surface area (Å²) in [4.78, 5) is 82.0. The fourth-order valence-corrected chi connectivity index (χ4v) is 13.2. The molecule has 0 unspecified atom stereocenters. The van der Waals surface area contributed by atoms with E-state index >= 15 is 0 Å². The third-order valence-electron chi connectivity index (χ3n) is 15.4. The summed E-state index contributed by atoms with van der Waals surface area (Å²) in [5, 5.41) is 21.1. The van der Waals surface area contributed by atoms with Gasteiger partial charge in [0.1, 0.15) is 19.6 Å². The molecule has 3 aromatic heterocycles. The third-order valence-corrected chi connectivity index (χ3v) is 18.1. The van der Waals surface area contributed by atoms with Crippen LogP contribution >= 0.6 is 85.5 Å². The maximum absolute atomic E-state index is 13.5. The van der Waals surface area contributed by atoms with Gasteiger partial charge in [0.15, 0.2) is 16.3 Å². The number of nitrogens with one attached hydrogen (secondary N) is 2. The van der Waals surface area contributed by atoms with Crippen molar-refractivity contribution in [3.8, 4) is 0 Å². The number of hydrogen-bond donors (Lipinski definition) is 4. The minimum atomic E-state index is -1.04. The van der Waals surface area contributed by atoms with Gasteiger partial charge in [0.2, 0.25) is 0 Å². The maximum atomic E-state index is 13.5. The van der Waals surface area contributed by atoms with Crippen molar-refractivity contribution in [2.75, 3.05) is 86.6 Å². The second-order valence-corrected chi connectivity index (χ2v) is 26.0. The number of nitrogens with two attached hydrogens (primary N) is 1. The molecule has 3 heterocycles. The van der Waals surface area contributed by atoms with Gasteiger partial charge in [-0.25, -0.2) is 0 Å². The van der Waals surface area contributed by atoms with Crippen LogP contribution in [0.2, 0.25) is 30.1 Å². The van der Waals surface area contributed by atoms with E-state index in [2.05, 4.69) is 26.6 Å². The monoisotopic (exact) mass is 1540 g/mol. The topological polar surface area (TPSA) is 277 Å². The Morgan fingerprint density at radius 2 is 0.762 bits per heavy atom. The molecule has 0 fully saturated rings. The van der Waals surface area contributed by atoms with Gasteiger partial charge in [-0.2, -0.15) is 0 Å². The summed E-state index contributed by atoms with van der Waals surface area (Å²) >= 11 is 42.0. The number of aromatic nitrogens is 3. The number of aliphatic carboxylic acids is 1. The Kier molecular flexibility index (Phi) is 28.8. The molecule has 0 radical (unpaired) electrons. The van der Waals surface area contributed by atoms with Crippen LogP contribution in [0.3, 0.4) is 0 Å². The number of para-hydroxylation sites is 3.